The van der Waals surface area contributed by atoms with Gasteiger partial charge in [-0.1, -0.05) is 66.7 Å². The Morgan fingerprint density at radius 1 is 0.829 bits per heavy atom. The summed E-state index contributed by atoms with van der Waals surface area (Å²) in [6.07, 6.45) is -0.440. The molecule has 2 aromatic heterocycles. The molecule has 204 valence electrons. The average Bonchev–Trinajstić information content (AvgIpc) is 3.39. The number of pyridine rings is 1. The number of benzene rings is 4. The first-order valence-corrected chi connectivity index (χ1v) is 13.1. The molecule has 0 aliphatic carbocycles. The number of carbonyl (C=O) groups is 1. The highest BCUT2D eigenvalue weighted by molar-refractivity contribution is 6.06. The van der Waals surface area contributed by atoms with Crippen molar-refractivity contribution in [2.75, 3.05) is 7.11 Å². The second-order valence-electron chi connectivity index (χ2n) is 9.89. The first-order chi connectivity index (χ1) is 19.8. The lowest BCUT2D eigenvalue weighted by molar-refractivity contribution is -0.136. The lowest BCUT2D eigenvalue weighted by atomic mass is 9.90. The second-order valence-corrected chi connectivity index (χ2v) is 9.89. The number of aromatic nitrogens is 2. The predicted molar refractivity (Wildman–Crippen MR) is 154 cm³/mol. The molecule has 4 aromatic carbocycles. The molecule has 0 aliphatic heterocycles. The van der Waals surface area contributed by atoms with E-state index in [-0.39, 0.29) is 5.52 Å². The molecule has 4 nitrogen and oxygen atoms in total. The van der Waals surface area contributed by atoms with Gasteiger partial charge in [-0.25, -0.2) is 4.79 Å². The molecule has 6 rings (SSSR count). The van der Waals surface area contributed by atoms with Crippen molar-refractivity contribution in [1.29, 1.82) is 0 Å². The third-order valence-electron chi connectivity index (χ3n) is 7.33. The van der Waals surface area contributed by atoms with Crippen molar-refractivity contribution < 1.29 is 22.7 Å². The fourth-order valence-electron chi connectivity index (χ4n) is 5.40. The minimum atomic E-state index is -4.52. The monoisotopic (exact) mass is 550 g/mol. The number of fused-ring (bicyclic) bond motifs is 2. The highest BCUT2D eigenvalue weighted by Gasteiger charge is 2.33. The Bertz CT molecular complexity index is 1870. The lowest BCUT2D eigenvalue weighted by Gasteiger charge is -2.17. The number of hydrogen-bond donors (Lipinski definition) is 0. The van der Waals surface area contributed by atoms with Gasteiger partial charge in [0.05, 0.1) is 23.8 Å². The summed E-state index contributed by atoms with van der Waals surface area (Å²) < 4.78 is 48.8. The van der Waals surface area contributed by atoms with Crippen LogP contribution >= 0.6 is 0 Å². The van der Waals surface area contributed by atoms with Crippen LogP contribution in [-0.2, 0) is 23.9 Å². The molecular weight excluding hydrogens is 525 g/mol. The number of alkyl halides is 3. The van der Waals surface area contributed by atoms with Gasteiger partial charge in [-0.15, -0.1) is 0 Å². The van der Waals surface area contributed by atoms with Crippen molar-refractivity contribution >= 4 is 27.8 Å². The molecule has 6 aromatic rings. The third kappa shape index (κ3) is 5.07. The molecule has 0 saturated heterocycles. The average molecular weight is 551 g/mol. The van der Waals surface area contributed by atoms with Crippen LogP contribution in [0, 0.1) is 0 Å². The molecule has 2 heterocycles. The van der Waals surface area contributed by atoms with E-state index in [2.05, 4.69) is 9.55 Å². The summed E-state index contributed by atoms with van der Waals surface area (Å²) in [5.41, 5.74) is 5.09. The number of ether oxygens (including phenoxy) is 1. The molecule has 0 unspecified atom stereocenters. The maximum atomic E-state index is 14.0. The smallest absolute Gasteiger partial charge is 0.418 e. The van der Waals surface area contributed by atoms with Crippen LogP contribution in [0.1, 0.15) is 32.6 Å². The summed E-state index contributed by atoms with van der Waals surface area (Å²) >= 11 is 0. The lowest BCUT2D eigenvalue weighted by Crippen LogP contribution is -2.07. The summed E-state index contributed by atoms with van der Waals surface area (Å²) in [6.45, 7) is 0.556. The number of rotatable bonds is 6. The number of carbonyl (C=O) groups excluding carboxylic acids is 1. The van der Waals surface area contributed by atoms with Crippen LogP contribution in [0.15, 0.2) is 109 Å². The van der Waals surface area contributed by atoms with Crippen molar-refractivity contribution in [1.82, 2.24) is 9.55 Å². The summed E-state index contributed by atoms with van der Waals surface area (Å²) in [5, 5.41) is 1.39. The second kappa shape index (κ2) is 10.6. The first kappa shape index (κ1) is 26.3. The van der Waals surface area contributed by atoms with Gasteiger partial charge in [-0.3, -0.25) is 4.98 Å². The third-order valence-corrected chi connectivity index (χ3v) is 7.33. The van der Waals surface area contributed by atoms with E-state index in [4.69, 9.17) is 4.74 Å². The van der Waals surface area contributed by atoms with E-state index >= 15 is 0 Å². The summed E-state index contributed by atoms with van der Waals surface area (Å²) in [6, 6.07) is 29.2. The molecule has 41 heavy (non-hydrogen) atoms. The number of methoxy groups -OCH3 is 1. The van der Waals surface area contributed by atoms with Crippen molar-refractivity contribution in [2.24, 2.45) is 0 Å². The van der Waals surface area contributed by atoms with Crippen molar-refractivity contribution in [2.45, 2.75) is 19.1 Å². The van der Waals surface area contributed by atoms with E-state index < -0.39 is 17.7 Å². The number of para-hydroxylation sites is 1. The normalized spacial score (nSPS) is 11.7. The zero-order chi connectivity index (χ0) is 28.6. The van der Waals surface area contributed by atoms with Gasteiger partial charge in [0.15, 0.2) is 0 Å². The van der Waals surface area contributed by atoms with E-state index in [0.29, 0.717) is 23.9 Å². The van der Waals surface area contributed by atoms with Crippen LogP contribution in [0.2, 0.25) is 0 Å². The Hall–Kier alpha value is -4.91. The Labute approximate surface area is 234 Å². The van der Waals surface area contributed by atoms with Gasteiger partial charge in [-0.2, -0.15) is 13.2 Å². The van der Waals surface area contributed by atoms with Crippen molar-refractivity contribution in [3.8, 4) is 11.1 Å². The fraction of sp³-hybridized carbons (Fsp3) is 0.118. The predicted octanol–water partition coefficient (Wildman–Crippen LogP) is 8.30. The molecule has 0 aliphatic rings. The molecule has 0 atom stereocenters. The van der Waals surface area contributed by atoms with Gasteiger partial charge in [-0.05, 0) is 64.6 Å². The summed E-state index contributed by atoms with van der Waals surface area (Å²) in [5.74, 6) is -0.392. The van der Waals surface area contributed by atoms with Gasteiger partial charge in [0, 0.05) is 35.2 Å². The Balaban J connectivity index is 1.50. The molecule has 0 radical (unpaired) electrons. The van der Waals surface area contributed by atoms with E-state index in [1.807, 2.05) is 72.9 Å². The van der Waals surface area contributed by atoms with Crippen LogP contribution in [0.4, 0.5) is 13.2 Å². The van der Waals surface area contributed by atoms with E-state index in [1.165, 1.54) is 13.2 Å². The standard InChI is InChI=1S/C34H25F3N2O2/c1-41-33(40)24-15-13-23(14-16-24)21-39-18-17-26-27(9-6-12-30(26)39)31-25(19-22-7-3-2-4-8-22)20-38-32-28(31)10-5-11-29(32)34(35,36)37/h2-18,20H,19,21H2,1H3. The largest absolute Gasteiger partial charge is 0.465 e. The molecule has 0 fully saturated rings. The number of esters is 1. The van der Waals surface area contributed by atoms with E-state index in [9.17, 15) is 18.0 Å². The molecule has 0 spiro atoms. The Morgan fingerprint density at radius 2 is 1.59 bits per heavy atom. The zero-order valence-corrected chi connectivity index (χ0v) is 22.2. The summed E-state index contributed by atoms with van der Waals surface area (Å²) in [4.78, 5) is 16.1. The quantitative estimate of drug-likeness (QED) is 0.196. The highest BCUT2D eigenvalue weighted by atomic mass is 19.4. The fourth-order valence-corrected chi connectivity index (χ4v) is 5.40. The number of nitrogens with zero attached hydrogens (tertiary/aromatic N) is 2. The van der Waals surface area contributed by atoms with Gasteiger partial charge in [0.25, 0.3) is 0 Å². The minimum Gasteiger partial charge on any atom is -0.465 e. The van der Waals surface area contributed by atoms with Gasteiger partial charge >= 0.3 is 12.1 Å². The van der Waals surface area contributed by atoms with Gasteiger partial charge in [0.2, 0.25) is 0 Å². The SMILES string of the molecule is COC(=O)c1ccc(Cn2ccc3c(-c4c(Cc5ccccc5)cnc5c(C(F)(F)F)cccc45)cccc32)cc1. The van der Waals surface area contributed by atoms with Crippen LogP contribution in [0.5, 0.6) is 0 Å². The molecule has 0 amide bonds. The van der Waals surface area contributed by atoms with Crippen molar-refractivity contribution in [3.63, 3.8) is 0 Å². The molecular formula is C34H25F3N2O2. The van der Waals surface area contributed by atoms with E-state index in [0.717, 1.165) is 44.8 Å². The molecule has 0 saturated carbocycles. The minimum absolute atomic E-state index is 0.0612. The zero-order valence-electron chi connectivity index (χ0n) is 22.2. The molecule has 0 bridgehead atoms. The van der Waals surface area contributed by atoms with E-state index in [1.54, 1.807) is 24.4 Å². The number of hydrogen-bond acceptors (Lipinski definition) is 3. The van der Waals surface area contributed by atoms with Gasteiger partial charge < -0.3 is 9.30 Å². The first-order valence-electron chi connectivity index (χ1n) is 13.1. The highest BCUT2D eigenvalue weighted by Crippen LogP contribution is 2.41. The van der Waals surface area contributed by atoms with Crippen LogP contribution < -0.4 is 0 Å². The Kier molecular flexibility index (Phi) is 6.79. The summed E-state index contributed by atoms with van der Waals surface area (Å²) in [7, 11) is 1.35. The topological polar surface area (TPSA) is 44.1 Å². The Morgan fingerprint density at radius 3 is 2.32 bits per heavy atom. The van der Waals surface area contributed by atoms with Crippen molar-refractivity contribution in [3.05, 3.63) is 137 Å². The maximum Gasteiger partial charge on any atom is 0.418 e. The van der Waals surface area contributed by atoms with Crippen LogP contribution in [0.3, 0.4) is 0 Å². The molecule has 7 heteroatoms. The van der Waals surface area contributed by atoms with Gasteiger partial charge in [0.1, 0.15) is 0 Å². The van der Waals surface area contributed by atoms with Crippen LogP contribution in [-0.4, -0.2) is 22.6 Å². The van der Waals surface area contributed by atoms with Crippen LogP contribution in [0.25, 0.3) is 32.9 Å². The number of halogens is 3. The molecule has 0 N–H and O–H groups in total. The maximum absolute atomic E-state index is 14.0.